The maximum Gasteiger partial charge on any atom is 0.438 e. The zero-order valence-corrected chi connectivity index (χ0v) is 14.8. The van der Waals surface area contributed by atoms with Crippen molar-refractivity contribution in [1.29, 1.82) is 0 Å². The van der Waals surface area contributed by atoms with E-state index in [0.717, 1.165) is 10.7 Å². The first-order valence-electron chi connectivity index (χ1n) is 8.10. The number of ether oxygens (including phenoxy) is 1. The number of aromatic nitrogens is 2. The predicted octanol–water partition coefficient (Wildman–Crippen LogP) is 2.30. The van der Waals surface area contributed by atoms with E-state index in [4.69, 9.17) is 4.74 Å². The van der Waals surface area contributed by atoms with Gasteiger partial charge < -0.3 is 9.84 Å². The van der Waals surface area contributed by atoms with Gasteiger partial charge >= 0.3 is 11.9 Å². The zero-order valence-electron chi connectivity index (χ0n) is 14.8. The first kappa shape index (κ1) is 20.3. The summed E-state index contributed by atoms with van der Waals surface area (Å²) in [5.41, 5.74) is -4.23. The number of nitrogens with zero attached hydrogens (tertiary/aromatic N) is 5. The monoisotopic (exact) mass is 413 g/mol. The Labute approximate surface area is 160 Å². The molecule has 1 atom stereocenters. The highest BCUT2D eigenvalue weighted by atomic mass is 19.4. The van der Waals surface area contributed by atoms with Gasteiger partial charge in [0.1, 0.15) is 0 Å². The van der Waals surface area contributed by atoms with E-state index in [2.05, 4.69) is 10.2 Å². The molecule has 1 N–H and O–H groups in total. The molecule has 2 aromatic rings. The van der Waals surface area contributed by atoms with E-state index < -0.39 is 34.8 Å². The lowest BCUT2D eigenvalue weighted by atomic mass is 10.1. The molecular formula is C16H14F3N5O5. The summed E-state index contributed by atoms with van der Waals surface area (Å²) >= 11 is 0. The number of hydrogen-bond acceptors (Lipinski definition) is 7. The fourth-order valence-electron chi connectivity index (χ4n) is 2.68. The second-order valence-electron chi connectivity index (χ2n) is 6.18. The van der Waals surface area contributed by atoms with Gasteiger partial charge in [-0.1, -0.05) is 12.1 Å². The van der Waals surface area contributed by atoms with Crippen LogP contribution in [0.4, 0.5) is 18.9 Å². The van der Waals surface area contributed by atoms with Crippen LogP contribution in [0.2, 0.25) is 0 Å². The number of benzene rings is 1. The van der Waals surface area contributed by atoms with Crippen molar-refractivity contribution in [3.63, 3.8) is 0 Å². The highest BCUT2D eigenvalue weighted by Gasteiger charge is 2.63. The van der Waals surface area contributed by atoms with Gasteiger partial charge in [0.2, 0.25) is 0 Å². The minimum absolute atomic E-state index is 0.0437. The summed E-state index contributed by atoms with van der Waals surface area (Å²) in [6.07, 6.45) is -4.76. The molecule has 10 nitrogen and oxygen atoms in total. The summed E-state index contributed by atoms with van der Waals surface area (Å²) in [5.74, 6) is -1.31. The number of amides is 1. The molecular weight excluding hydrogens is 399 g/mol. The topological polar surface area (TPSA) is 123 Å². The Morgan fingerprint density at radius 2 is 2.07 bits per heavy atom. The van der Waals surface area contributed by atoms with Gasteiger partial charge in [0, 0.05) is 24.4 Å². The van der Waals surface area contributed by atoms with Gasteiger partial charge in [0.15, 0.2) is 18.2 Å². The molecule has 0 fully saturated rings. The second-order valence-corrected chi connectivity index (χ2v) is 6.18. The molecule has 1 aliphatic rings. The van der Waals surface area contributed by atoms with Crippen LogP contribution in [0.5, 0.6) is 5.75 Å². The minimum atomic E-state index is -5.12. The van der Waals surface area contributed by atoms with Gasteiger partial charge in [-0.05, 0) is 19.1 Å². The van der Waals surface area contributed by atoms with Crippen LogP contribution in [0.15, 0.2) is 41.6 Å². The van der Waals surface area contributed by atoms with E-state index in [1.807, 2.05) is 0 Å². The van der Waals surface area contributed by atoms with Crippen molar-refractivity contribution in [2.45, 2.75) is 32.0 Å². The molecule has 1 amide bonds. The Morgan fingerprint density at radius 1 is 1.38 bits per heavy atom. The maximum absolute atomic E-state index is 13.2. The van der Waals surface area contributed by atoms with Crippen LogP contribution in [0, 0.1) is 10.1 Å². The average Bonchev–Trinajstić information content (AvgIpc) is 3.24. The molecule has 154 valence electrons. The number of alkyl halides is 3. The number of hydrazone groups is 1. The van der Waals surface area contributed by atoms with Gasteiger partial charge in [0.25, 0.3) is 11.6 Å². The van der Waals surface area contributed by atoms with Crippen molar-refractivity contribution in [3.05, 3.63) is 52.3 Å². The molecule has 0 saturated carbocycles. The zero-order chi connectivity index (χ0) is 21.4. The number of carbonyl (C=O) groups is 1. The first-order valence-corrected chi connectivity index (χ1v) is 8.10. The Bertz CT molecular complexity index is 989. The van der Waals surface area contributed by atoms with E-state index in [1.165, 1.54) is 37.4 Å². The van der Waals surface area contributed by atoms with Crippen molar-refractivity contribution >= 4 is 17.3 Å². The van der Waals surface area contributed by atoms with Crippen LogP contribution in [-0.2, 0) is 6.73 Å². The first-order chi connectivity index (χ1) is 13.5. The number of aliphatic hydroxyl groups is 1. The van der Waals surface area contributed by atoms with Gasteiger partial charge in [-0.25, -0.2) is 4.68 Å². The van der Waals surface area contributed by atoms with Gasteiger partial charge in [-0.2, -0.15) is 28.4 Å². The number of carbonyl (C=O) groups excluding carboxylic acids is 1. The summed E-state index contributed by atoms with van der Waals surface area (Å²) in [6, 6.07) is 6.69. The van der Waals surface area contributed by atoms with Gasteiger partial charge in [0.05, 0.1) is 4.92 Å². The van der Waals surface area contributed by atoms with Crippen molar-refractivity contribution < 1.29 is 32.7 Å². The minimum Gasteiger partial charge on any atom is -0.464 e. The standard InChI is InChI=1S/C16H14F3N5O5/c1-10-8-15(26,16(17,18)19)23(20-10)14(25)11-6-7-22(21-11)9-29-13-5-3-2-4-12(13)24(27)28/h2-7,26H,8-9H2,1H3. The van der Waals surface area contributed by atoms with Gasteiger partial charge in [-0.15, -0.1) is 0 Å². The number of hydrogen-bond donors (Lipinski definition) is 1. The fourth-order valence-corrected chi connectivity index (χ4v) is 2.68. The van der Waals surface area contributed by atoms with Gasteiger partial charge in [-0.3, -0.25) is 14.9 Å². The molecule has 1 aromatic heterocycles. The number of nitro groups is 1. The smallest absolute Gasteiger partial charge is 0.438 e. The Balaban J connectivity index is 1.76. The fraction of sp³-hybridized carbons (Fsp3) is 0.312. The summed E-state index contributed by atoms with van der Waals surface area (Å²) in [4.78, 5) is 22.8. The number of halogens is 3. The number of para-hydroxylation sites is 2. The SMILES string of the molecule is CC1=NN(C(=O)c2ccn(COc3ccccc3[N+](=O)[O-])n2)C(O)(C(F)(F)F)C1. The molecule has 29 heavy (non-hydrogen) atoms. The highest BCUT2D eigenvalue weighted by molar-refractivity contribution is 5.96. The van der Waals surface area contributed by atoms with Crippen LogP contribution in [-0.4, -0.2) is 48.3 Å². The molecule has 0 radical (unpaired) electrons. The summed E-state index contributed by atoms with van der Waals surface area (Å²) in [5, 5.41) is 28.2. The molecule has 3 rings (SSSR count). The van der Waals surface area contributed by atoms with Crippen molar-refractivity contribution in [2.24, 2.45) is 5.10 Å². The molecule has 2 heterocycles. The number of nitro benzene ring substituents is 1. The van der Waals surface area contributed by atoms with Crippen LogP contribution in [0.25, 0.3) is 0 Å². The van der Waals surface area contributed by atoms with E-state index in [9.17, 15) is 33.2 Å². The Morgan fingerprint density at radius 3 is 2.72 bits per heavy atom. The van der Waals surface area contributed by atoms with Crippen molar-refractivity contribution in [2.75, 3.05) is 0 Å². The van der Waals surface area contributed by atoms with Crippen LogP contribution >= 0.6 is 0 Å². The second kappa shape index (κ2) is 7.16. The summed E-state index contributed by atoms with van der Waals surface area (Å²) < 4.78 is 46.1. The third-order valence-electron chi connectivity index (χ3n) is 4.04. The normalized spacial score (nSPS) is 19.2. The number of rotatable bonds is 5. The molecule has 0 aliphatic carbocycles. The Hall–Kier alpha value is -3.48. The largest absolute Gasteiger partial charge is 0.464 e. The third kappa shape index (κ3) is 3.76. The van der Waals surface area contributed by atoms with Crippen LogP contribution < -0.4 is 4.74 Å². The van der Waals surface area contributed by atoms with Crippen LogP contribution in [0.3, 0.4) is 0 Å². The predicted molar refractivity (Wildman–Crippen MR) is 90.9 cm³/mol. The lowest BCUT2D eigenvalue weighted by Gasteiger charge is -2.32. The van der Waals surface area contributed by atoms with Crippen molar-refractivity contribution in [1.82, 2.24) is 14.8 Å². The summed E-state index contributed by atoms with van der Waals surface area (Å²) in [6.45, 7) is 0.910. The molecule has 1 aliphatic heterocycles. The lowest BCUT2D eigenvalue weighted by molar-refractivity contribution is -0.386. The van der Waals surface area contributed by atoms with E-state index in [-0.39, 0.29) is 28.9 Å². The molecule has 0 bridgehead atoms. The van der Waals surface area contributed by atoms with E-state index >= 15 is 0 Å². The third-order valence-corrected chi connectivity index (χ3v) is 4.04. The van der Waals surface area contributed by atoms with E-state index in [1.54, 1.807) is 0 Å². The molecule has 13 heteroatoms. The Kier molecular flexibility index (Phi) is 5.00. The molecule has 1 unspecified atom stereocenters. The molecule has 0 saturated heterocycles. The van der Waals surface area contributed by atoms with Crippen LogP contribution in [0.1, 0.15) is 23.8 Å². The molecule has 1 aromatic carbocycles. The lowest BCUT2D eigenvalue weighted by Crippen LogP contribution is -2.56. The quantitative estimate of drug-likeness (QED) is 0.593. The van der Waals surface area contributed by atoms with Crippen molar-refractivity contribution in [3.8, 4) is 5.75 Å². The molecule has 0 spiro atoms. The summed E-state index contributed by atoms with van der Waals surface area (Å²) in [7, 11) is 0. The average molecular weight is 413 g/mol. The highest BCUT2D eigenvalue weighted by Crippen LogP contribution is 2.40. The maximum atomic E-state index is 13.2. The van der Waals surface area contributed by atoms with E-state index in [0.29, 0.717) is 0 Å².